The van der Waals surface area contributed by atoms with Gasteiger partial charge in [-0.15, -0.1) is 21.5 Å². The molecule has 2 aromatic rings. The van der Waals surface area contributed by atoms with Gasteiger partial charge in [-0.2, -0.15) is 0 Å². The molecule has 29 heavy (non-hydrogen) atoms. The molecule has 3 heterocycles. The second kappa shape index (κ2) is 9.65. The lowest BCUT2D eigenvalue weighted by Gasteiger charge is -2.32. The molecule has 1 unspecified atom stereocenters. The molecule has 0 spiro atoms. The number of aromatic nitrogens is 3. The number of carbonyl (C=O) groups excluding carboxylic acids is 1. The molecule has 7 heteroatoms. The fraction of sp³-hybridized carbons (Fsp3) is 0.682. The second-order valence-corrected chi connectivity index (χ2v) is 10.9. The zero-order valence-corrected chi connectivity index (χ0v) is 19.2. The molecule has 5 nitrogen and oxygen atoms in total. The normalized spacial score (nSPS) is 20.1. The highest BCUT2D eigenvalue weighted by Gasteiger charge is 2.29. The molecule has 1 saturated carbocycles. The first-order valence-electron chi connectivity index (χ1n) is 11.0. The van der Waals surface area contributed by atoms with Crippen LogP contribution >= 0.6 is 23.1 Å². The number of hydrogen-bond acceptors (Lipinski definition) is 5. The Morgan fingerprint density at radius 3 is 2.66 bits per heavy atom. The van der Waals surface area contributed by atoms with E-state index in [0.29, 0.717) is 6.04 Å². The molecule has 1 amide bonds. The lowest BCUT2D eigenvalue weighted by molar-refractivity contribution is -0.131. The van der Waals surface area contributed by atoms with Crippen LogP contribution in [0.3, 0.4) is 0 Å². The van der Waals surface area contributed by atoms with Crippen molar-refractivity contribution in [3.05, 3.63) is 28.2 Å². The summed E-state index contributed by atoms with van der Waals surface area (Å²) in [4.78, 5) is 16.4. The first-order valence-corrected chi connectivity index (χ1v) is 12.8. The van der Waals surface area contributed by atoms with E-state index in [2.05, 4.69) is 39.2 Å². The molecule has 0 aromatic carbocycles. The van der Waals surface area contributed by atoms with Gasteiger partial charge in [-0.05, 0) is 50.0 Å². The maximum absolute atomic E-state index is 13.0. The second-order valence-electron chi connectivity index (χ2n) is 8.58. The third kappa shape index (κ3) is 5.05. The molecule has 2 aliphatic rings. The van der Waals surface area contributed by atoms with Crippen LogP contribution in [0, 0.1) is 5.92 Å². The van der Waals surface area contributed by atoms with Crippen molar-refractivity contribution in [2.45, 2.75) is 81.7 Å². The van der Waals surface area contributed by atoms with Crippen molar-refractivity contribution in [3.8, 4) is 0 Å². The average molecular weight is 433 g/mol. The minimum absolute atomic E-state index is 0.121. The number of nitrogens with zero attached hydrogens (tertiary/aromatic N) is 4. The van der Waals surface area contributed by atoms with E-state index in [1.54, 1.807) is 23.1 Å². The molecule has 2 fully saturated rings. The van der Waals surface area contributed by atoms with E-state index in [4.69, 9.17) is 0 Å². The zero-order valence-electron chi connectivity index (χ0n) is 17.5. The molecular weight excluding hydrogens is 400 g/mol. The van der Waals surface area contributed by atoms with Gasteiger partial charge < -0.3 is 9.47 Å². The molecule has 1 saturated heterocycles. The van der Waals surface area contributed by atoms with Gasteiger partial charge in [-0.1, -0.05) is 44.0 Å². The van der Waals surface area contributed by atoms with Crippen LogP contribution in [0.25, 0.3) is 0 Å². The monoisotopic (exact) mass is 432 g/mol. The predicted octanol–water partition coefficient (Wildman–Crippen LogP) is 5.17. The Labute approximate surface area is 182 Å². The third-order valence-corrected chi connectivity index (χ3v) is 8.23. The zero-order chi connectivity index (χ0) is 20.2. The Bertz CT molecular complexity index is 790. The first-order chi connectivity index (χ1) is 14.1. The summed E-state index contributed by atoms with van der Waals surface area (Å²) in [5.74, 6) is 2.03. The highest BCUT2D eigenvalue weighted by atomic mass is 32.2. The summed E-state index contributed by atoms with van der Waals surface area (Å²) in [6.45, 7) is 6.10. The van der Waals surface area contributed by atoms with Gasteiger partial charge in [0.15, 0.2) is 5.16 Å². The number of amides is 1. The minimum atomic E-state index is -0.121. The van der Waals surface area contributed by atoms with Crippen molar-refractivity contribution in [1.82, 2.24) is 19.7 Å². The van der Waals surface area contributed by atoms with Crippen molar-refractivity contribution in [2.75, 3.05) is 13.1 Å². The van der Waals surface area contributed by atoms with Crippen LogP contribution < -0.4 is 0 Å². The van der Waals surface area contributed by atoms with Crippen LogP contribution in [0.2, 0.25) is 0 Å². The Hall–Kier alpha value is -1.34. The Balaban J connectivity index is 1.51. The van der Waals surface area contributed by atoms with Crippen LogP contribution in [0.5, 0.6) is 0 Å². The fourth-order valence-electron chi connectivity index (χ4n) is 4.48. The molecule has 1 atom stereocenters. The molecule has 1 aliphatic heterocycles. The first kappa shape index (κ1) is 20.9. The van der Waals surface area contributed by atoms with Crippen LogP contribution in [0.15, 0.2) is 22.7 Å². The number of rotatable bonds is 6. The van der Waals surface area contributed by atoms with Crippen LogP contribution in [0.1, 0.15) is 75.5 Å². The van der Waals surface area contributed by atoms with Gasteiger partial charge in [0.2, 0.25) is 5.91 Å². The summed E-state index contributed by atoms with van der Waals surface area (Å²) in [5.41, 5.74) is 0. The lowest BCUT2D eigenvalue weighted by Crippen LogP contribution is -2.41. The van der Waals surface area contributed by atoms with Gasteiger partial charge in [0.1, 0.15) is 5.82 Å². The van der Waals surface area contributed by atoms with E-state index in [9.17, 15) is 4.79 Å². The maximum atomic E-state index is 13.0. The maximum Gasteiger partial charge on any atom is 0.235 e. The van der Waals surface area contributed by atoms with E-state index in [1.807, 2.05) is 11.8 Å². The van der Waals surface area contributed by atoms with E-state index < -0.39 is 0 Å². The molecule has 0 N–H and O–H groups in total. The summed E-state index contributed by atoms with van der Waals surface area (Å²) in [6.07, 6.45) is 9.30. The van der Waals surface area contributed by atoms with E-state index in [1.165, 1.54) is 37.0 Å². The van der Waals surface area contributed by atoms with Crippen LogP contribution in [-0.2, 0) is 11.2 Å². The smallest absolute Gasteiger partial charge is 0.235 e. The Kier molecular flexibility index (Phi) is 6.96. The SMILES string of the molecule is CC1CCN(C(=O)C(C)Sc2nnc(Cc3cccs3)n2C2CCCCC2)CC1. The van der Waals surface area contributed by atoms with Gasteiger partial charge in [0, 0.05) is 30.4 Å². The van der Waals surface area contributed by atoms with Crippen molar-refractivity contribution < 1.29 is 4.79 Å². The van der Waals surface area contributed by atoms with E-state index >= 15 is 0 Å². The molecule has 158 valence electrons. The van der Waals surface area contributed by atoms with Crippen molar-refractivity contribution in [1.29, 1.82) is 0 Å². The van der Waals surface area contributed by atoms with Crippen LogP contribution in [0.4, 0.5) is 0 Å². The summed E-state index contributed by atoms with van der Waals surface area (Å²) < 4.78 is 2.37. The summed E-state index contributed by atoms with van der Waals surface area (Å²) in [5, 5.41) is 12.1. The number of carbonyl (C=O) groups is 1. The number of hydrogen-bond donors (Lipinski definition) is 0. The average Bonchev–Trinajstić information content (AvgIpc) is 3.39. The highest BCUT2D eigenvalue weighted by Crippen LogP contribution is 2.35. The fourth-order valence-corrected chi connectivity index (χ4v) is 6.20. The molecule has 1 aliphatic carbocycles. The quantitative estimate of drug-likeness (QED) is 0.591. The van der Waals surface area contributed by atoms with Gasteiger partial charge >= 0.3 is 0 Å². The molecule has 2 aromatic heterocycles. The van der Waals surface area contributed by atoms with Crippen molar-refractivity contribution in [2.24, 2.45) is 5.92 Å². The van der Waals surface area contributed by atoms with Gasteiger partial charge in [0.05, 0.1) is 5.25 Å². The third-order valence-electron chi connectivity index (χ3n) is 6.31. The Morgan fingerprint density at radius 1 is 1.21 bits per heavy atom. The largest absolute Gasteiger partial charge is 0.342 e. The Morgan fingerprint density at radius 2 is 1.97 bits per heavy atom. The lowest BCUT2D eigenvalue weighted by atomic mass is 9.95. The standard InChI is InChI=1S/C22H32N4OS2/c1-16-10-12-25(13-11-16)21(27)17(2)29-22-24-23-20(15-19-9-6-14-28-19)26(22)18-7-4-3-5-8-18/h6,9,14,16-18H,3-5,7-8,10-13,15H2,1-2H3. The number of thioether (sulfide) groups is 1. The van der Waals surface area contributed by atoms with Crippen molar-refractivity contribution in [3.63, 3.8) is 0 Å². The summed E-state index contributed by atoms with van der Waals surface area (Å²) in [6, 6.07) is 4.73. The summed E-state index contributed by atoms with van der Waals surface area (Å²) >= 11 is 3.37. The number of piperidine rings is 1. The van der Waals surface area contributed by atoms with E-state index in [-0.39, 0.29) is 11.2 Å². The molecule has 0 radical (unpaired) electrons. The number of likely N-dealkylation sites (tertiary alicyclic amines) is 1. The number of thiophene rings is 1. The summed E-state index contributed by atoms with van der Waals surface area (Å²) in [7, 11) is 0. The minimum Gasteiger partial charge on any atom is -0.342 e. The molecule has 0 bridgehead atoms. The van der Waals surface area contributed by atoms with Gasteiger partial charge in [-0.25, -0.2) is 0 Å². The van der Waals surface area contributed by atoms with Crippen molar-refractivity contribution >= 4 is 29.0 Å². The van der Waals surface area contributed by atoms with Gasteiger partial charge in [-0.3, -0.25) is 4.79 Å². The van der Waals surface area contributed by atoms with Gasteiger partial charge in [0.25, 0.3) is 0 Å². The highest BCUT2D eigenvalue weighted by molar-refractivity contribution is 8.00. The van der Waals surface area contributed by atoms with Crippen LogP contribution in [-0.4, -0.2) is 43.9 Å². The van der Waals surface area contributed by atoms with E-state index in [0.717, 1.165) is 49.3 Å². The molecule has 4 rings (SSSR count). The topological polar surface area (TPSA) is 51.0 Å². The molecular formula is C22H32N4OS2. The predicted molar refractivity (Wildman–Crippen MR) is 120 cm³/mol.